The molecule has 158 valence electrons. The molecule has 1 aromatic heterocycles. The van der Waals surface area contributed by atoms with E-state index in [4.69, 9.17) is 0 Å². The standard InChI is InChI=1S/C24H30N4OS/c1-17-7-6-9-21(18(17)2)28-13-11-27(12-14-28)16-23(29)26-24-20(15-25)19-8-4-3-5-10-22(19)30-24/h6-7,9H,3-5,8,10-14,16H2,1-2H3,(H,26,29). The minimum Gasteiger partial charge on any atom is -0.369 e. The zero-order chi connectivity index (χ0) is 21.1. The van der Waals surface area contributed by atoms with Crippen LogP contribution >= 0.6 is 11.3 Å². The van der Waals surface area contributed by atoms with Gasteiger partial charge in [-0.2, -0.15) is 5.26 Å². The lowest BCUT2D eigenvalue weighted by Crippen LogP contribution is -2.48. The minimum atomic E-state index is -0.0110. The molecular formula is C24H30N4OS. The second kappa shape index (κ2) is 9.20. The molecule has 2 heterocycles. The van der Waals surface area contributed by atoms with E-state index >= 15 is 0 Å². The quantitative estimate of drug-likeness (QED) is 0.748. The monoisotopic (exact) mass is 422 g/mol. The van der Waals surface area contributed by atoms with Crippen LogP contribution in [-0.4, -0.2) is 43.5 Å². The van der Waals surface area contributed by atoms with Crippen molar-refractivity contribution in [1.29, 1.82) is 5.26 Å². The number of fused-ring (bicyclic) bond motifs is 1. The van der Waals surface area contributed by atoms with Gasteiger partial charge in [0.2, 0.25) is 5.91 Å². The first kappa shape index (κ1) is 20.9. The number of hydrogen-bond acceptors (Lipinski definition) is 5. The minimum absolute atomic E-state index is 0.0110. The second-order valence-corrected chi connectivity index (χ2v) is 9.52. The maximum Gasteiger partial charge on any atom is 0.239 e. The number of carbonyl (C=O) groups excluding carboxylic acids is 1. The summed E-state index contributed by atoms with van der Waals surface area (Å²) in [5.74, 6) is -0.0110. The topological polar surface area (TPSA) is 59.4 Å². The molecule has 0 radical (unpaired) electrons. The Kier molecular flexibility index (Phi) is 6.40. The Morgan fingerprint density at radius 3 is 2.67 bits per heavy atom. The van der Waals surface area contributed by atoms with E-state index in [0.29, 0.717) is 12.1 Å². The molecule has 2 aromatic rings. The van der Waals surface area contributed by atoms with Crippen LogP contribution in [0.25, 0.3) is 0 Å². The number of hydrogen-bond donors (Lipinski definition) is 1. The molecule has 1 aliphatic heterocycles. The number of aryl methyl sites for hydroxylation is 2. The van der Waals surface area contributed by atoms with E-state index in [9.17, 15) is 10.1 Å². The summed E-state index contributed by atoms with van der Waals surface area (Å²) in [5, 5.41) is 13.5. The van der Waals surface area contributed by atoms with Crippen molar-refractivity contribution in [2.75, 3.05) is 42.9 Å². The molecule has 1 N–H and O–H groups in total. The molecule has 0 saturated carbocycles. The van der Waals surface area contributed by atoms with E-state index in [1.807, 2.05) is 0 Å². The van der Waals surface area contributed by atoms with Crippen LogP contribution in [0.15, 0.2) is 18.2 Å². The summed E-state index contributed by atoms with van der Waals surface area (Å²) in [6.45, 7) is 8.30. The van der Waals surface area contributed by atoms with Crippen molar-refractivity contribution < 1.29 is 4.79 Å². The van der Waals surface area contributed by atoms with Crippen LogP contribution in [0.3, 0.4) is 0 Å². The van der Waals surface area contributed by atoms with Crippen molar-refractivity contribution in [2.24, 2.45) is 0 Å². The SMILES string of the molecule is Cc1cccc(N2CCN(CC(=O)Nc3sc4c(c3C#N)CCCCC4)CC2)c1C. The van der Waals surface area contributed by atoms with E-state index in [0.717, 1.165) is 50.4 Å². The van der Waals surface area contributed by atoms with E-state index in [1.165, 1.54) is 40.1 Å². The van der Waals surface area contributed by atoms with Crippen molar-refractivity contribution in [3.8, 4) is 6.07 Å². The summed E-state index contributed by atoms with van der Waals surface area (Å²) in [6, 6.07) is 8.81. The van der Waals surface area contributed by atoms with Gasteiger partial charge >= 0.3 is 0 Å². The van der Waals surface area contributed by atoms with Crippen LogP contribution in [0.5, 0.6) is 0 Å². The van der Waals surface area contributed by atoms with Gasteiger partial charge in [0, 0.05) is 36.7 Å². The fourth-order valence-electron chi connectivity index (χ4n) is 4.54. The number of nitriles is 1. The third kappa shape index (κ3) is 4.38. The van der Waals surface area contributed by atoms with E-state index in [1.54, 1.807) is 11.3 Å². The number of nitrogens with zero attached hydrogens (tertiary/aromatic N) is 3. The van der Waals surface area contributed by atoms with Crippen molar-refractivity contribution in [3.05, 3.63) is 45.3 Å². The highest BCUT2D eigenvalue weighted by Crippen LogP contribution is 2.37. The number of carbonyl (C=O) groups is 1. The number of nitrogens with one attached hydrogen (secondary N) is 1. The highest BCUT2D eigenvalue weighted by molar-refractivity contribution is 7.16. The van der Waals surface area contributed by atoms with Gasteiger partial charge in [0.15, 0.2) is 0 Å². The molecule has 1 aromatic carbocycles. The Bertz CT molecular complexity index is 966. The van der Waals surface area contributed by atoms with Crippen LogP contribution < -0.4 is 10.2 Å². The molecule has 2 aliphatic rings. The molecule has 5 nitrogen and oxygen atoms in total. The highest BCUT2D eigenvalue weighted by Gasteiger charge is 2.23. The van der Waals surface area contributed by atoms with Gasteiger partial charge < -0.3 is 10.2 Å². The average Bonchev–Trinajstić information content (AvgIpc) is 2.90. The van der Waals surface area contributed by atoms with Crippen LogP contribution in [0.1, 0.15) is 46.4 Å². The van der Waals surface area contributed by atoms with Crippen molar-refractivity contribution in [3.63, 3.8) is 0 Å². The molecular weight excluding hydrogens is 392 g/mol. The molecule has 1 fully saturated rings. The Morgan fingerprint density at radius 2 is 1.90 bits per heavy atom. The molecule has 6 heteroatoms. The lowest BCUT2D eigenvalue weighted by molar-refractivity contribution is -0.117. The Balaban J connectivity index is 1.35. The van der Waals surface area contributed by atoms with Gasteiger partial charge in [0.1, 0.15) is 11.1 Å². The third-order valence-electron chi connectivity index (χ3n) is 6.44. The van der Waals surface area contributed by atoms with Gasteiger partial charge in [-0.15, -0.1) is 11.3 Å². The Hall–Kier alpha value is -2.36. The maximum atomic E-state index is 12.7. The molecule has 4 rings (SSSR count). The predicted octanol–water partition coefficient (Wildman–Crippen LogP) is 4.27. The van der Waals surface area contributed by atoms with Crippen LogP contribution in [0.4, 0.5) is 10.7 Å². The van der Waals surface area contributed by atoms with Gasteiger partial charge in [-0.05, 0) is 62.3 Å². The highest BCUT2D eigenvalue weighted by atomic mass is 32.1. The average molecular weight is 423 g/mol. The zero-order valence-electron chi connectivity index (χ0n) is 18.0. The molecule has 0 spiro atoms. The summed E-state index contributed by atoms with van der Waals surface area (Å²) in [4.78, 5) is 18.6. The number of rotatable bonds is 4. The first-order valence-electron chi connectivity index (χ1n) is 10.9. The number of anilines is 2. The lowest BCUT2D eigenvalue weighted by Gasteiger charge is -2.36. The van der Waals surface area contributed by atoms with Crippen LogP contribution in [0, 0.1) is 25.2 Å². The summed E-state index contributed by atoms with van der Waals surface area (Å²) in [7, 11) is 0. The van der Waals surface area contributed by atoms with Gasteiger partial charge in [-0.25, -0.2) is 0 Å². The smallest absolute Gasteiger partial charge is 0.239 e. The van der Waals surface area contributed by atoms with Gasteiger partial charge in [-0.1, -0.05) is 18.6 Å². The van der Waals surface area contributed by atoms with Crippen molar-refractivity contribution >= 4 is 27.9 Å². The molecule has 30 heavy (non-hydrogen) atoms. The fraction of sp³-hybridized carbons (Fsp3) is 0.500. The van der Waals surface area contributed by atoms with Crippen LogP contribution in [-0.2, 0) is 17.6 Å². The first-order valence-corrected chi connectivity index (χ1v) is 11.8. The Labute approximate surface area is 183 Å². The van der Waals surface area contributed by atoms with E-state index in [2.05, 4.69) is 53.2 Å². The van der Waals surface area contributed by atoms with Gasteiger partial charge in [0.25, 0.3) is 0 Å². The van der Waals surface area contributed by atoms with Gasteiger partial charge in [-0.3, -0.25) is 9.69 Å². The van der Waals surface area contributed by atoms with Crippen LogP contribution in [0.2, 0.25) is 0 Å². The molecule has 0 bridgehead atoms. The summed E-state index contributed by atoms with van der Waals surface area (Å²) >= 11 is 1.61. The number of piperazine rings is 1. The first-order chi connectivity index (χ1) is 14.6. The van der Waals surface area contributed by atoms with Crippen molar-refractivity contribution in [2.45, 2.75) is 46.0 Å². The van der Waals surface area contributed by atoms with E-state index < -0.39 is 0 Å². The number of benzene rings is 1. The maximum absolute atomic E-state index is 12.7. The molecule has 0 atom stereocenters. The van der Waals surface area contributed by atoms with Gasteiger partial charge in [0.05, 0.1) is 12.1 Å². The van der Waals surface area contributed by atoms with E-state index in [-0.39, 0.29) is 5.91 Å². The molecule has 1 saturated heterocycles. The summed E-state index contributed by atoms with van der Waals surface area (Å²) < 4.78 is 0. The normalized spacial score (nSPS) is 17.2. The van der Waals surface area contributed by atoms with Crippen molar-refractivity contribution in [1.82, 2.24) is 4.90 Å². The second-order valence-electron chi connectivity index (χ2n) is 8.41. The number of thiophene rings is 1. The lowest BCUT2D eigenvalue weighted by atomic mass is 10.1. The Morgan fingerprint density at radius 1 is 1.13 bits per heavy atom. The molecule has 0 unspecified atom stereocenters. The fourth-order valence-corrected chi connectivity index (χ4v) is 5.80. The number of amides is 1. The summed E-state index contributed by atoms with van der Waals surface area (Å²) in [5.41, 5.74) is 5.84. The summed E-state index contributed by atoms with van der Waals surface area (Å²) in [6.07, 6.45) is 5.53. The molecule has 1 amide bonds. The predicted molar refractivity (Wildman–Crippen MR) is 123 cm³/mol. The zero-order valence-corrected chi connectivity index (χ0v) is 18.8. The molecule has 1 aliphatic carbocycles. The third-order valence-corrected chi connectivity index (χ3v) is 7.65. The largest absolute Gasteiger partial charge is 0.369 e.